The summed E-state index contributed by atoms with van der Waals surface area (Å²) in [6.07, 6.45) is 3.83. The number of methoxy groups -OCH3 is 1. The lowest BCUT2D eigenvalue weighted by Gasteiger charge is -2.11. The molecule has 1 aliphatic rings. The standard InChI is InChI=1S/C30H23N5O3S/c1-37-20-13-9-18(10-14-20)23-15-24(22-8-4-6-17-5-2-3-7-21(17)22)32-30-26(23)27(31)28(39-30)29(36)33-25-16-35(34-38-25)19-11-12-19/h2-10,13-16,19H,11-12H2,1H3,(H2-,31,33,34,36)/p+1. The molecule has 0 saturated heterocycles. The van der Waals surface area contributed by atoms with Crippen molar-refractivity contribution in [3.63, 3.8) is 0 Å². The van der Waals surface area contributed by atoms with E-state index in [1.54, 1.807) is 18.0 Å². The minimum atomic E-state index is -0.359. The Morgan fingerprint density at radius 2 is 1.87 bits per heavy atom. The molecule has 39 heavy (non-hydrogen) atoms. The zero-order valence-corrected chi connectivity index (χ0v) is 21.9. The average Bonchev–Trinajstić information content (AvgIpc) is 3.63. The third-order valence-electron chi connectivity index (χ3n) is 7.01. The Morgan fingerprint density at radius 3 is 2.67 bits per heavy atom. The average molecular weight is 535 g/mol. The second-order valence-corrected chi connectivity index (χ2v) is 10.6. The van der Waals surface area contributed by atoms with Crippen LogP contribution < -0.4 is 20.5 Å². The number of carbonyl (C=O) groups is 1. The van der Waals surface area contributed by atoms with Gasteiger partial charge in [-0.05, 0) is 44.8 Å². The predicted molar refractivity (Wildman–Crippen MR) is 152 cm³/mol. The molecule has 7 rings (SSSR count). The van der Waals surface area contributed by atoms with E-state index in [0.29, 0.717) is 21.4 Å². The summed E-state index contributed by atoms with van der Waals surface area (Å²) in [4.78, 5) is 19.4. The SMILES string of the molecule is COc1ccc(-c2cc(-c3cccc4ccccc34)nc3sc(C(=O)Nc4c[n+](C5CC5)no4)c(N)c23)cc1. The van der Waals surface area contributed by atoms with Crippen molar-refractivity contribution in [1.29, 1.82) is 0 Å². The number of hydrogen-bond donors (Lipinski definition) is 2. The lowest BCUT2D eigenvalue weighted by Crippen LogP contribution is -2.32. The maximum Gasteiger partial charge on any atom is 0.302 e. The Hall–Kier alpha value is -4.76. The molecule has 1 amide bonds. The number of ether oxygens (including phenoxy) is 1. The third-order valence-corrected chi connectivity index (χ3v) is 8.11. The monoisotopic (exact) mass is 534 g/mol. The summed E-state index contributed by atoms with van der Waals surface area (Å²) < 4.78 is 12.4. The van der Waals surface area contributed by atoms with Gasteiger partial charge in [-0.3, -0.25) is 14.6 Å². The number of hydrogen-bond acceptors (Lipinski definition) is 7. The first-order valence-electron chi connectivity index (χ1n) is 12.6. The summed E-state index contributed by atoms with van der Waals surface area (Å²) in [5.41, 5.74) is 10.7. The quantitative estimate of drug-likeness (QED) is 0.245. The third kappa shape index (κ3) is 4.17. The van der Waals surface area contributed by atoms with Gasteiger partial charge in [-0.15, -0.1) is 11.3 Å². The number of anilines is 2. The van der Waals surface area contributed by atoms with Crippen LogP contribution in [-0.4, -0.2) is 23.3 Å². The molecule has 8 nitrogen and oxygen atoms in total. The highest BCUT2D eigenvalue weighted by atomic mass is 32.1. The molecule has 1 fully saturated rings. The van der Waals surface area contributed by atoms with Crippen LogP contribution >= 0.6 is 11.3 Å². The molecule has 0 radical (unpaired) electrons. The Kier molecular flexibility index (Phi) is 5.52. The molecule has 3 aromatic carbocycles. The van der Waals surface area contributed by atoms with Crippen LogP contribution in [0.1, 0.15) is 28.6 Å². The number of benzene rings is 3. The molecule has 3 N–H and O–H groups in total. The van der Waals surface area contributed by atoms with Crippen LogP contribution in [0.25, 0.3) is 43.4 Å². The number of aromatic nitrogens is 3. The fraction of sp³-hybridized carbons (Fsp3) is 0.133. The topological polar surface area (TPSA) is 107 Å². The van der Waals surface area contributed by atoms with Gasteiger partial charge >= 0.3 is 5.88 Å². The summed E-state index contributed by atoms with van der Waals surface area (Å²) in [5, 5.41) is 9.78. The van der Waals surface area contributed by atoms with Crippen molar-refractivity contribution in [3.05, 3.63) is 83.9 Å². The molecule has 0 unspecified atom stereocenters. The van der Waals surface area contributed by atoms with Crippen LogP contribution in [0.15, 0.2) is 83.5 Å². The van der Waals surface area contributed by atoms with E-state index in [4.69, 9.17) is 20.0 Å². The number of nitrogens with one attached hydrogen (secondary N) is 1. The fourth-order valence-corrected chi connectivity index (χ4v) is 5.88. The maximum atomic E-state index is 13.3. The van der Waals surface area contributed by atoms with Crippen LogP contribution in [-0.2, 0) is 0 Å². The highest BCUT2D eigenvalue weighted by Gasteiger charge is 2.36. The van der Waals surface area contributed by atoms with Crippen molar-refractivity contribution in [3.8, 4) is 28.1 Å². The molecule has 0 spiro atoms. The molecule has 3 aromatic heterocycles. The van der Waals surface area contributed by atoms with Crippen molar-refractivity contribution >= 4 is 49.8 Å². The van der Waals surface area contributed by atoms with Gasteiger partial charge < -0.3 is 10.5 Å². The minimum Gasteiger partial charge on any atom is -0.497 e. The van der Waals surface area contributed by atoms with Crippen LogP contribution in [0, 0.1) is 0 Å². The van der Waals surface area contributed by atoms with Gasteiger partial charge in [-0.1, -0.05) is 54.6 Å². The number of rotatable bonds is 6. The van der Waals surface area contributed by atoms with E-state index in [2.05, 4.69) is 34.9 Å². The van der Waals surface area contributed by atoms with E-state index in [9.17, 15) is 4.79 Å². The summed E-state index contributed by atoms with van der Waals surface area (Å²) in [5.74, 6) is 0.678. The van der Waals surface area contributed by atoms with E-state index >= 15 is 0 Å². The van der Waals surface area contributed by atoms with Crippen molar-refractivity contribution in [1.82, 2.24) is 10.3 Å². The number of fused-ring (bicyclic) bond motifs is 2. The number of nitrogens with zero attached hydrogens (tertiary/aromatic N) is 3. The first kappa shape index (κ1) is 23.4. The summed E-state index contributed by atoms with van der Waals surface area (Å²) in [6.45, 7) is 0. The Bertz CT molecular complexity index is 1870. The number of amides is 1. The van der Waals surface area contributed by atoms with Gasteiger partial charge in [-0.2, -0.15) is 0 Å². The Labute approximate surface area is 227 Å². The molecular weight excluding hydrogens is 510 g/mol. The van der Waals surface area contributed by atoms with Crippen LogP contribution in [0.4, 0.5) is 11.6 Å². The van der Waals surface area contributed by atoms with Crippen LogP contribution in [0.3, 0.4) is 0 Å². The highest BCUT2D eigenvalue weighted by Crippen LogP contribution is 2.42. The predicted octanol–water partition coefficient (Wildman–Crippen LogP) is 6.24. The normalized spacial score (nSPS) is 13.2. The first-order valence-corrected chi connectivity index (χ1v) is 13.5. The molecule has 1 aliphatic carbocycles. The lowest BCUT2D eigenvalue weighted by molar-refractivity contribution is -0.765. The van der Waals surface area contributed by atoms with Crippen molar-refractivity contribution in [2.45, 2.75) is 18.9 Å². The fourth-order valence-electron chi connectivity index (χ4n) is 4.87. The van der Waals surface area contributed by atoms with Crippen molar-refractivity contribution in [2.24, 2.45) is 0 Å². The van der Waals surface area contributed by atoms with Crippen molar-refractivity contribution in [2.75, 3.05) is 18.2 Å². The molecule has 192 valence electrons. The number of pyridine rings is 1. The van der Waals surface area contributed by atoms with Crippen LogP contribution in [0.5, 0.6) is 5.75 Å². The Balaban J connectivity index is 1.38. The van der Waals surface area contributed by atoms with Gasteiger partial charge in [0.2, 0.25) is 5.27 Å². The zero-order valence-electron chi connectivity index (χ0n) is 21.0. The lowest BCUT2D eigenvalue weighted by atomic mass is 9.97. The van der Waals surface area contributed by atoms with E-state index in [1.165, 1.54) is 11.3 Å². The molecule has 0 atom stereocenters. The van der Waals surface area contributed by atoms with Gasteiger partial charge in [0.15, 0.2) is 6.04 Å². The number of thiophene rings is 1. The van der Waals surface area contributed by atoms with Gasteiger partial charge in [0.1, 0.15) is 15.5 Å². The zero-order chi connectivity index (χ0) is 26.5. The molecular formula is C30H24N5O3S+. The Morgan fingerprint density at radius 1 is 1.08 bits per heavy atom. The van der Waals surface area contributed by atoms with Crippen LogP contribution in [0.2, 0.25) is 0 Å². The van der Waals surface area contributed by atoms with E-state index in [-0.39, 0.29) is 11.8 Å². The van der Waals surface area contributed by atoms with Crippen molar-refractivity contribution < 1.29 is 18.7 Å². The smallest absolute Gasteiger partial charge is 0.302 e. The molecule has 0 bridgehead atoms. The van der Waals surface area contributed by atoms with E-state index < -0.39 is 0 Å². The molecule has 3 heterocycles. The van der Waals surface area contributed by atoms with E-state index in [1.807, 2.05) is 48.5 Å². The number of nitrogens with two attached hydrogens (primary N) is 1. The summed E-state index contributed by atoms with van der Waals surface area (Å²) >= 11 is 1.27. The molecule has 6 aromatic rings. The molecule has 9 heteroatoms. The second-order valence-electron chi connectivity index (χ2n) is 9.57. The summed E-state index contributed by atoms with van der Waals surface area (Å²) in [7, 11) is 1.64. The largest absolute Gasteiger partial charge is 0.497 e. The minimum absolute atomic E-state index is 0.281. The number of nitrogen functional groups attached to an aromatic ring is 1. The van der Waals surface area contributed by atoms with Gasteiger partial charge in [0.25, 0.3) is 12.1 Å². The maximum absolute atomic E-state index is 13.3. The highest BCUT2D eigenvalue weighted by molar-refractivity contribution is 7.21. The first-order chi connectivity index (χ1) is 19.1. The molecule has 1 saturated carbocycles. The number of carbonyl (C=O) groups excluding carboxylic acids is 1. The summed E-state index contributed by atoms with van der Waals surface area (Å²) in [6, 6.07) is 24.6. The van der Waals surface area contributed by atoms with Gasteiger partial charge in [-0.25, -0.2) is 4.98 Å². The molecule has 0 aliphatic heterocycles. The van der Waals surface area contributed by atoms with Gasteiger partial charge in [0.05, 0.1) is 18.5 Å². The second kappa shape index (κ2) is 9.21. The van der Waals surface area contributed by atoms with E-state index in [0.717, 1.165) is 57.1 Å². The van der Waals surface area contributed by atoms with Gasteiger partial charge in [0, 0.05) is 23.8 Å².